The van der Waals surface area contributed by atoms with Gasteiger partial charge in [-0.2, -0.15) is 0 Å². The van der Waals surface area contributed by atoms with Crippen LogP contribution in [-0.4, -0.2) is 24.9 Å². The molecule has 0 spiro atoms. The van der Waals surface area contributed by atoms with E-state index in [0.717, 1.165) is 19.3 Å². The number of benzene rings is 1. The minimum Gasteiger partial charge on any atom is -0.352 e. The monoisotopic (exact) mass is 289 g/mol. The highest BCUT2D eigenvalue weighted by Crippen LogP contribution is 2.43. The van der Waals surface area contributed by atoms with E-state index in [2.05, 4.69) is 10.6 Å². The fraction of sp³-hybridized carbons (Fsp3) is 0.500. The second kappa shape index (κ2) is 6.72. The van der Waals surface area contributed by atoms with E-state index in [4.69, 9.17) is 5.73 Å². The molecule has 0 bridgehead atoms. The SMILES string of the molecule is CCNC(=O)c1cccc(NC(=O)CC2(CN)CCC2)c1. The fourth-order valence-corrected chi connectivity index (χ4v) is 2.68. The van der Waals surface area contributed by atoms with Crippen molar-refractivity contribution < 1.29 is 9.59 Å². The Morgan fingerprint density at radius 2 is 2.10 bits per heavy atom. The molecule has 114 valence electrons. The first-order valence-electron chi connectivity index (χ1n) is 7.47. The molecule has 0 atom stereocenters. The van der Waals surface area contributed by atoms with Gasteiger partial charge in [0.15, 0.2) is 0 Å². The minimum atomic E-state index is -0.133. The number of hydrogen-bond acceptors (Lipinski definition) is 3. The van der Waals surface area contributed by atoms with Gasteiger partial charge in [-0.3, -0.25) is 9.59 Å². The zero-order valence-corrected chi connectivity index (χ0v) is 12.4. The summed E-state index contributed by atoms with van der Waals surface area (Å²) in [5.41, 5.74) is 6.96. The van der Waals surface area contributed by atoms with Crippen LogP contribution < -0.4 is 16.4 Å². The minimum absolute atomic E-state index is 0.0126. The van der Waals surface area contributed by atoms with E-state index in [1.807, 2.05) is 6.92 Å². The average Bonchev–Trinajstić information content (AvgIpc) is 2.43. The highest BCUT2D eigenvalue weighted by Gasteiger charge is 2.37. The van der Waals surface area contributed by atoms with Crippen molar-refractivity contribution in [2.45, 2.75) is 32.6 Å². The van der Waals surface area contributed by atoms with Crippen molar-refractivity contribution in [3.05, 3.63) is 29.8 Å². The molecule has 2 amide bonds. The quantitative estimate of drug-likeness (QED) is 0.747. The molecule has 2 rings (SSSR count). The van der Waals surface area contributed by atoms with E-state index >= 15 is 0 Å². The topological polar surface area (TPSA) is 84.2 Å². The van der Waals surface area contributed by atoms with E-state index in [9.17, 15) is 9.59 Å². The Morgan fingerprint density at radius 1 is 1.33 bits per heavy atom. The van der Waals surface area contributed by atoms with Crippen LogP contribution in [-0.2, 0) is 4.79 Å². The summed E-state index contributed by atoms with van der Waals surface area (Å²) in [6, 6.07) is 6.98. The van der Waals surface area contributed by atoms with Crippen LogP contribution in [0.3, 0.4) is 0 Å². The van der Waals surface area contributed by atoms with Gasteiger partial charge in [0, 0.05) is 24.2 Å². The van der Waals surface area contributed by atoms with Crippen LogP contribution in [0.2, 0.25) is 0 Å². The van der Waals surface area contributed by atoms with Crippen LogP contribution in [0.25, 0.3) is 0 Å². The fourth-order valence-electron chi connectivity index (χ4n) is 2.68. The number of hydrogen-bond donors (Lipinski definition) is 3. The standard InChI is InChI=1S/C16H23N3O2/c1-2-18-15(21)12-5-3-6-13(9-12)19-14(20)10-16(11-17)7-4-8-16/h3,5-6,9H,2,4,7-8,10-11,17H2,1H3,(H,18,21)(H,19,20). The second-order valence-electron chi connectivity index (χ2n) is 5.72. The molecule has 1 aromatic carbocycles. The molecule has 0 aromatic heterocycles. The smallest absolute Gasteiger partial charge is 0.251 e. The van der Waals surface area contributed by atoms with Crippen LogP contribution in [0, 0.1) is 5.41 Å². The number of anilines is 1. The summed E-state index contributed by atoms with van der Waals surface area (Å²) in [7, 11) is 0. The zero-order valence-electron chi connectivity index (χ0n) is 12.4. The van der Waals surface area contributed by atoms with E-state index in [1.54, 1.807) is 24.3 Å². The molecule has 0 saturated heterocycles. The number of nitrogens with two attached hydrogens (primary N) is 1. The van der Waals surface area contributed by atoms with Crippen molar-refractivity contribution in [3.8, 4) is 0 Å². The lowest BCUT2D eigenvalue weighted by atomic mass is 9.66. The molecule has 5 nitrogen and oxygen atoms in total. The first-order valence-corrected chi connectivity index (χ1v) is 7.47. The van der Waals surface area contributed by atoms with Gasteiger partial charge < -0.3 is 16.4 Å². The first-order chi connectivity index (χ1) is 10.1. The summed E-state index contributed by atoms with van der Waals surface area (Å²) in [6.07, 6.45) is 3.65. The number of nitrogens with one attached hydrogen (secondary N) is 2. The molecule has 0 aliphatic heterocycles. The number of carbonyl (C=O) groups excluding carboxylic acids is 2. The molecule has 0 unspecified atom stereocenters. The van der Waals surface area contributed by atoms with Crippen LogP contribution in [0.1, 0.15) is 43.0 Å². The number of rotatable bonds is 6. The lowest BCUT2D eigenvalue weighted by Gasteiger charge is -2.40. The molecular weight excluding hydrogens is 266 g/mol. The van der Waals surface area contributed by atoms with Gasteiger partial charge in [0.05, 0.1) is 0 Å². The van der Waals surface area contributed by atoms with Crippen molar-refractivity contribution in [2.24, 2.45) is 11.1 Å². The molecule has 0 radical (unpaired) electrons. The summed E-state index contributed by atoms with van der Waals surface area (Å²) in [6.45, 7) is 3.00. The number of amides is 2. The summed E-state index contributed by atoms with van der Waals surface area (Å²) in [5, 5.41) is 5.60. The van der Waals surface area contributed by atoms with Gasteiger partial charge in [0.2, 0.25) is 5.91 Å². The van der Waals surface area contributed by atoms with Gasteiger partial charge in [0.1, 0.15) is 0 Å². The Hall–Kier alpha value is -1.88. The predicted octanol–water partition coefficient (Wildman–Crippen LogP) is 1.89. The normalized spacial score (nSPS) is 15.9. The van der Waals surface area contributed by atoms with Crippen molar-refractivity contribution in [1.82, 2.24) is 5.32 Å². The van der Waals surface area contributed by atoms with Gasteiger partial charge >= 0.3 is 0 Å². The molecule has 1 aliphatic rings. The van der Waals surface area contributed by atoms with Crippen molar-refractivity contribution >= 4 is 17.5 Å². The van der Waals surface area contributed by atoms with Gasteiger partial charge in [-0.15, -0.1) is 0 Å². The van der Waals surface area contributed by atoms with Crippen molar-refractivity contribution in [3.63, 3.8) is 0 Å². The highest BCUT2D eigenvalue weighted by atomic mass is 16.2. The average molecular weight is 289 g/mol. The van der Waals surface area contributed by atoms with E-state index in [-0.39, 0.29) is 17.2 Å². The third kappa shape index (κ3) is 3.82. The van der Waals surface area contributed by atoms with E-state index in [1.165, 1.54) is 0 Å². The van der Waals surface area contributed by atoms with Crippen molar-refractivity contribution in [2.75, 3.05) is 18.4 Å². The molecule has 1 saturated carbocycles. The van der Waals surface area contributed by atoms with Crippen LogP contribution in [0.4, 0.5) is 5.69 Å². The molecule has 1 aromatic rings. The maximum Gasteiger partial charge on any atom is 0.251 e. The first kappa shape index (κ1) is 15.5. The molecule has 0 heterocycles. The molecule has 5 heteroatoms. The van der Waals surface area contributed by atoms with E-state index in [0.29, 0.717) is 30.8 Å². The van der Waals surface area contributed by atoms with Gasteiger partial charge in [0.25, 0.3) is 5.91 Å². The Kier molecular flexibility index (Phi) is 4.96. The molecule has 1 aliphatic carbocycles. The van der Waals surface area contributed by atoms with Crippen LogP contribution >= 0.6 is 0 Å². The largest absolute Gasteiger partial charge is 0.352 e. The highest BCUT2D eigenvalue weighted by molar-refractivity contribution is 5.97. The number of carbonyl (C=O) groups is 2. The lowest BCUT2D eigenvalue weighted by molar-refractivity contribution is -0.119. The Labute approximate surface area is 125 Å². The van der Waals surface area contributed by atoms with E-state index < -0.39 is 0 Å². The summed E-state index contributed by atoms with van der Waals surface area (Å²) < 4.78 is 0. The Morgan fingerprint density at radius 3 is 2.67 bits per heavy atom. The van der Waals surface area contributed by atoms with Crippen LogP contribution in [0.5, 0.6) is 0 Å². The zero-order chi connectivity index (χ0) is 15.3. The predicted molar refractivity (Wildman–Crippen MR) is 83.0 cm³/mol. The van der Waals surface area contributed by atoms with Gasteiger partial charge in [-0.05, 0) is 49.9 Å². The van der Waals surface area contributed by atoms with Crippen LogP contribution in [0.15, 0.2) is 24.3 Å². The van der Waals surface area contributed by atoms with Gasteiger partial charge in [-0.1, -0.05) is 12.5 Å². The molecular formula is C16H23N3O2. The maximum atomic E-state index is 12.1. The summed E-state index contributed by atoms with van der Waals surface area (Å²) in [5.74, 6) is -0.167. The molecule has 21 heavy (non-hydrogen) atoms. The van der Waals surface area contributed by atoms with Crippen molar-refractivity contribution in [1.29, 1.82) is 0 Å². The third-order valence-electron chi connectivity index (χ3n) is 4.13. The summed E-state index contributed by atoms with van der Waals surface area (Å²) >= 11 is 0. The summed E-state index contributed by atoms with van der Waals surface area (Å²) in [4.78, 5) is 23.9. The molecule has 1 fully saturated rings. The second-order valence-corrected chi connectivity index (χ2v) is 5.72. The molecule has 4 N–H and O–H groups in total. The Bertz CT molecular complexity index is 518. The Balaban J connectivity index is 1.97. The maximum absolute atomic E-state index is 12.1. The lowest BCUT2D eigenvalue weighted by Crippen LogP contribution is -2.40. The van der Waals surface area contributed by atoms with Gasteiger partial charge in [-0.25, -0.2) is 0 Å². The third-order valence-corrected chi connectivity index (χ3v) is 4.13.